The average molecular weight is 575 g/mol. The van der Waals surface area contributed by atoms with Gasteiger partial charge >= 0.3 is 6.18 Å². The molecule has 2 N–H and O–H groups in total. The summed E-state index contributed by atoms with van der Waals surface area (Å²) in [7, 11) is -3.62. The van der Waals surface area contributed by atoms with Crippen LogP contribution < -0.4 is 10.6 Å². The summed E-state index contributed by atoms with van der Waals surface area (Å²) >= 11 is 0. The number of amides is 1. The minimum atomic E-state index is -4.84. The second-order valence-electron chi connectivity index (χ2n) is 9.10. The molecule has 0 spiro atoms. The summed E-state index contributed by atoms with van der Waals surface area (Å²) in [6.45, 7) is 5.26. The minimum absolute atomic E-state index is 0.00427. The number of fused-ring (bicyclic) bond motifs is 1. The van der Waals surface area contributed by atoms with Crippen molar-refractivity contribution in [1.29, 1.82) is 0 Å². The second kappa shape index (κ2) is 10.9. The smallest absolute Gasteiger partial charge is 0.326 e. The van der Waals surface area contributed by atoms with Crippen LogP contribution in [0.25, 0.3) is 16.8 Å². The van der Waals surface area contributed by atoms with Gasteiger partial charge in [0, 0.05) is 30.5 Å². The lowest BCUT2D eigenvalue weighted by atomic mass is 10.0. The molecule has 0 aliphatic carbocycles. The van der Waals surface area contributed by atoms with Gasteiger partial charge in [0.05, 0.1) is 16.3 Å². The Bertz CT molecular complexity index is 1670. The molecule has 2 heterocycles. The van der Waals surface area contributed by atoms with Crippen LogP contribution in [0, 0.1) is 5.82 Å². The topological polar surface area (TPSA) is 98.3 Å². The Morgan fingerprint density at radius 2 is 1.90 bits per heavy atom. The lowest BCUT2D eigenvalue weighted by Crippen LogP contribution is -2.39. The van der Waals surface area contributed by atoms with Gasteiger partial charge in [0.25, 0.3) is 5.91 Å². The van der Waals surface area contributed by atoms with Gasteiger partial charge in [-0.05, 0) is 42.7 Å². The van der Waals surface area contributed by atoms with Gasteiger partial charge in [-0.1, -0.05) is 49.1 Å². The molecule has 0 radical (unpaired) electrons. The number of anilines is 1. The lowest BCUT2D eigenvalue weighted by Gasteiger charge is -2.28. The number of sulfone groups is 1. The molecule has 0 atom stereocenters. The van der Waals surface area contributed by atoms with Crippen molar-refractivity contribution in [2.45, 2.75) is 24.4 Å². The molecule has 0 saturated carbocycles. The van der Waals surface area contributed by atoms with E-state index in [0.29, 0.717) is 5.57 Å². The molecule has 0 saturated heterocycles. The largest absolute Gasteiger partial charge is 0.435 e. The zero-order valence-electron chi connectivity index (χ0n) is 21.7. The molecule has 0 bridgehead atoms. The van der Waals surface area contributed by atoms with E-state index in [1.165, 1.54) is 24.3 Å². The number of nitrogens with two attached hydrogens (primary N) is 1. The highest BCUT2D eigenvalue weighted by atomic mass is 32.2. The Kier molecular flexibility index (Phi) is 7.86. The number of halogens is 4. The minimum Gasteiger partial charge on any atom is -0.326 e. The summed E-state index contributed by atoms with van der Waals surface area (Å²) < 4.78 is 82.4. The number of carbonyl (C=O) groups is 1. The maximum absolute atomic E-state index is 15.5. The molecule has 4 rings (SSSR count). The Labute approximate surface area is 228 Å². The zero-order chi connectivity index (χ0) is 29.4. The number of hydrogen-bond acceptors (Lipinski definition) is 5. The van der Waals surface area contributed by atoms with Gasteiger partial charge in [0.1, 0.15) is 11.5 Å². The Balaban J connectivity index is 1.80. The third-order valence-corrected chi connectivity index (χ3v) is 7.61. The first-order chi connectivity index (χ1) is 18.8. The van der Waals surface area contributed by atoms with Gasteiger partial charge < -0.3 is 10.6 Å². The number of benzene rings is 2. The standard InChI is InChI=1S/C28H26F4N4O3S/c1-4-5-8-19(16-33)17(2)36-25-21(26(34-36)28(30,31)32)13-14-35(27(25)37)23-12-11-18(15-22(23)29)20-9-6-7-10-24(20)40(3,38)39/h4-12,15H,2,13-14,16,33H2,1,3H3/b5-4-,19-8-. The van der Waals surface area contributed by atoms with E-state index >= 15 is 4.39 Å². The molecule has 0 unspecified atom stereocenters. The number of rotatable bonds is 7. The highest BCUT2D eigenvalue weighted by Crippen LogP contribution is 2.38. The second-order valence-corrected chi connectivity index (χ2v) is 11.1. The fourth-order valence-corrected chi connectivity index (χ4v) is 5.48. The Morgan fingerprint density at radius 3 is 2.50 bits per heavy atom. The van der Waals surface area contributed by atoms with Crippen LogP contribution in [0.3, 0.4) is 0 Å². The van der Waals surface area contributed by atoms with Crippen LogP contribution in [0.1, 0.15) is 28.7 Å². The van der Waals surface area contributed by atoms with Gasteiger partial charge in [-0.2, -0.15) is 18.3 Å². The van der Waals surface area contributed by atoms with E-state index < -0.39 is 33.4 Å². The fourth-order valence-electron chi connectivity index (χ4n) is 4.57. The van der Waals surface area contributed by atoms with Crippen molar-refractivity contribution < 1.29 is 30.8 Å². The summed E-state index contributed by atoms with van der Waals surface area (Å²) in [4.78, 5) is 14.7. The summed E-state index contributed by atoms with van der Waals surface area (Å²) in [5.74, 6) is -1.75. The van der Waals surface area contributed by atoms with Crippen molar-refractivity contribution in [3.8, 4) is 11.1 Å². The molecule has 40 heavy (non-hydrogen) atoms. The van der Waals surface area contributed by atoms with Crippen LogP contribution in [0.5, 0.6) is 0 Å². The number of aromatic nitrogens is 2. The zero-order valence-corrected chi connectivity index (χ0v) is 22.5. The van der Waals surface area contributed by atoms with Crippen LogP contribution >= 0.6 is 0 Å². The van der Waals surface area contributed by atoms with Crippen LogP contribution in [0.2, 0.25) is 0 Å². The van der Waals surface area contributed by atoms with Crippen molar-refractivity contribution in [1.82, 2.24) is 9.78 Å². The Hall–Kier alpha value is -4.03. The molecule has 1 aromatic heterocycles. The van der Waals surface area contributed by atoms with Gasteiger partial charge in [-0.15, -0.1) is 0 Å². The van der Waals surface area contributed by atoms with E-state index in [1.54, 1.807) is 37.3 Å². The van der Waals surface area contributed by atoms with E-state index in [-0.39, 0.29) is 58.2 Å². The SMILES string of the molecule is C=C(/C(=C\C=C/C)CN)n1nc(C(F)(F)F)c2c1C(=O)N(c1ccc(-c3ccccc3S(C)(=O)=O)cc1F)CC2. The molecule has 2 aromatic carbocycles. The van der Waals surface area contributed by atoms with E-state index in [4.69, 9.17) is 5.73 Å². The fraction of sp³-hybridized carbons (Fsp3) is 0.214. The van der Waals surface area contributed by atoms with Gasteiger partial charge in [-0.3, -0.25) is 4.79 Å². The number of hydrogen-bond donors (Lipinski definition) is 1. The quantitative estimate of drug-likeness (QED) is 0.307. The molecular weight excluding hydrogens is 548 g/mol. The molecule has 7 nitrogen and oxygen atoms in total. The highest BCUT2D eigenvalue weighted by Gasteiger charge is 2.44. The highest BCUT2D eigenvalue weighted by molar-refractivity contribution is 7.90. The first kappa shape index (κ1) is 29.0. The van der Waals surface area contributed by atoms with Gasteiger partial charge in [0.15, 0.2) is 15.5 Å². The summed E-state index contributed by atoms with van der Waals surface area (Å²) in [5.41, 5.74) is 4.57. The Morgan fingerprint density at radius 1 is 1.20 bits per heavy atom. The first-order valence-corrected chi connectivity index (χ1v) is 14.0. The van der Waals surface area contributed by atoms with Crippen LogP contribution in [0.15, 0.2) is 77.7 Å². The van der Waals surface area contributed by atoms with Crippen LogP contribution in [-0.4, -0.2) is 43.5 Å². The maximum atomic E-state index is 15.5. The monoisotopic (exact) mass is 574 g/mol. The molecule has 1 aliphatic heterocycles. The molecule has 12 heteroatoms. The average Bonchev–Trinajstić information content (AvgIpc) is 3.30. The lowest BCUT2D eigenvalue weighted by molar-refractivity contribution is -0.141. The molecule has 0 fully saturated rings. The number of nitrogens with zero attached hydrogens (tertiary/aromatic N) is 3. The number of allylic oxidation sites excluding steroid dienone is 3. The number of alkyl halides is 3. The number of carbonyl (C=O) groups excluding carboxylic acids is 1. The maximum Gasteiger partial charge on any atom is 0.435 e. The summed E-state index contributed by atoms with van der Waals surface area (Å²) in [6, 6.07) is 9.93. The van der Waals surface area contributed by atoms with Crippen molar-refractivity contribution >= 4 is 27.1 Å². The normalized spacial score (nSPS) is 14.6. The van der Waals surface area contributed by atoms with Crippen molar-refractivity contribution in [2.24, 2.45) is 5.73 Å². The van der Waals surface area contributed by atoms with E-state index in [9.17, 15) is 26.4 Å². The predicted molar refractivity (Wildman–Crippen MR) is 145 cm³/mol. The third-order valence-electron chi connectivity index (χ3n) is 6.46. The van der Waals surface area contributed by atoms with Crippen molar-refractivity contribution in [3.05, 3.63) is 95.6 Å². The third kappa shape index (κ3) is 5.36. The van der Waals surface area contributed by atoms with Gasteiger partial charge in [0.2, 0.25) is 0 Å². The first-order valence-electron chi connectivity index (χ1n) is 12.1. The van der Waals surface area contributed by atoms with Gasteiger partial charge in [-0.25, -0.2) is 17.5 Å². The predicted octanol–water partition coefficient (Wildman–Crippen LogP) is 5.25. The summed E-state index contributed by atoms with van der Waals surface area (Å²) in [6.07, 6.45) is 0.834. The van der Waals surface area contributed by atoms with Crippen LogP contribution in [-0.2, 0) is 22.4 Å². The van der Waals surface area contributed by atoms with E-state index in [1.807, 2.05) is 0 Å². The molecular formula is C28H26F4N4O3S. The van der Waals surface area contributed by atoms with Crippen LogP contribution in [0.4, 0.5) is 23.2 Å². The van der Waals surface area contributed by atoms with Crippen molar-refractivity contribution in [3.63, 3.8) is 0 Å². The molecule has 1 aliphatic rings. The van der Waals surface area contributed by atoms with Crippen molar-refractivity contribution in [2.75, 3.05) is 24.2 Å². The molecule has 210 valence electrons. The van der Waals surface area contributed by atoms with E-state index in [2.05, 4.69) is 11.7 Å². The summed E-state index contributed by atoms with van der Waals surface area (Å²) in [5, 5.41) is 3.70. The van der Waals surface area contributed by atoms with E-state index in [0.717, 1.165) is 21.9 Å². The molecule has 1 amide bonds. The molecule has 3 aromatic rings.